The lowest BCUT2D eigenvalue weighted by Crippen LogP contribution is -2.38. The second kappa shape index (κ2) is 7.29. The van der Waals surface area contributed by atoms with E-state index in [1.807, 2.05) is 0 Å². The van der Waals surface area contributed by atoms with Gasteiger partial charge < -0.3 is 10.4 Å². The van der Waals surface area contributed by atoms with Crippen LogP contribution in [0.5, 0.6) is 0 Å². The van der Waals surface area contributed by atoms with Crippen LogP contribution < -0.4 is 5.32 Å². The van der Waals surface area contributed by atoms with Crippen LogP contribution in [-0.4, -0.2) is 28.1 Å². The molecule has 1 aromatic heterocycles. The van der Waals surface area contributed by atoms with E-state index in [1.165, 1.54) is 6.07 Å². The van der Waals surface area contributed by atoms with Gasteiger partial charge in [-0.2, -0.15) is 13.2 Å². The van der Waals surface area contributed by atoms with Gasteiger partial charge in [-0.1, -0.05) is 19.3 Å². The van der Waals surface area contributed by atoms with E-state index >= 15 is 0 Å². The summed E-state index contributed by atoms with van der Waals surface area (Å²) in [5, 5.41) is 13.0. The number of alkyl halides is 3. The maximum absolute atomic E-state index is 12.4. The molecule has 1 aliphatic rings. The smallest absolute Gasteiger partial charge is 0.389 e. The Morgan fingerprint density at radius 3 is 2.52 bits per heavy atom. The van der Waals surface area contributed by atoms with Crippen LogP contribution in [0.4, 0.5) is 13.2 Å². The molecule has 1 aliphatic carbocycles. The summed E-state index contributed by atoms with van der Waals surface area (Å²) >= 11 is 0. The number of carbonyl (C=O) groups is 1. The lowest BCUT2D eigenvalue weighted by Gasteiger charge is -2.31. The lowest BCUT2D eigenvalue weighted by molar-refractivity contribution is -0.137. The number of aromatic nitrogens is 1. The number of pyridine rings is 1. The quantitative estimate of drug-likeness (QED) is 0.873. The van der Waals surface area contributed by atoms with Crippen molar-refractivity contribution in [2.24, 2.45) is 0 Å². The van der Waals surface area contributed by atoms with Gasteiger partial charge in [0.15, 0.2) is 0 Å². The van der Waals surface area contributed by atoms with Crippen molar-refractivity contribution in [2.75, 3.05) is 6.54 Å². The fraction of sp³-hybridized carbons (Fsp3) is 0.625. The zero-order valence-corrected chi connectivity index (χ0v) is 12.8. The minimum absolute atomic E-state index is 0.0768. The first-order valence-corrected chi connectivity index (χ1v) is 7.80. The Bertz CT molecular complexity index is 523. The Kier molecular flexibility index (Phi) is 5.62. The van der Waals surface area contributed by atoms with Gasteiger partial charge in [-0.05, 0) is 25.0 Å². The zero-order valence-electron chi connectivity index (χ0n) is 12.8. The van der Waals surface area contributed by atoms with Crippen LogP contribution in [-0.2, 0) is 17.4 Å². The SMILES string of the molecule is O=C(CC1(O)CCCCC1)NCCc1ccc(C(F)(F)F)cn1. The number of amides is 1. The van der Waals surface area contributed by atoms with Gasteiger partial charge in [-0.25, -0.2) is 0 Å². The molecule has 1 fully saturated rings. The third-order valence-electron chi connectivity index (χ3n) is 4.13. The van der Waals surface area contributed by atoms with E-state index in [1.54, 1.807) is 0 Å². The van der Waals surface area contributed by atoms with Gasteiger partial charge >= 0.3 is 6.18 Å². The maximum Gasteiger partial charge on any atom is 0.417 e. The van der Waals surface area contributed by atoms with E-state index in [4.69, 9.17) is 0 Å². The molecule has 0 spiro atoms. The summed E-state index contributed by atoms with van der Waals surface area (Å²) in [5.41, 5.74) is -1.21. The largest absolute Gasteiger partial charge is 0.417 e. The van der Waals surface area contributed by atoms with Crippen molar-refractivity contribution < 1.29 is 23.1 Å². The van der Waals surface area contributed by atoms with Crippen molar-refractivity contribution in [1.29, 1.82) is 0 Å². The molecular formula is C16H21F3N2O2. The number of hydrogen-bond donors (Lipinski definition) is 2. The normalized spacial score (nSPS) is 17.7. The fourth-order valence-corrected chi connectivity index (χ4v) is 2.82. The summed E-state index contributed by atoms with van der Waals surface area (Å²) in [6, 6.07) is 2.29. The predicted molar refractivity (Wildman–Crippen MR) is 78.6 cm³/mol. The fourth-order valence-electron chi connectivity index (χ4n) is 2.82. The molecule has 1 saturated carbocycles. The third kappa shape index (κ3) is 5.49. The average Bonchev–Trinajstić information content (AvgIpc) is 2.47. The predicted octanol–water partition coefficient (Wildman–Crippen LogP) is 2.84. The van der Waals surface area contributed by atoms with Crippen LogP contribution in [0.25, 0.3) is 0 Å². The highest BCUT2D eigenvalue weighted by Gasteiger charge is 2.32. The summed E-state index contributed by atoms with van der Waals surface area (Å²) < 4.78 is 37.2. The van der Waals surface area contributed by atoms with E-state index in [0.717, 1.165) is 31.5 Å². The Morgan fingerprint density at radius 1 is 1.26 bits per heavy atom. The molecule has 1 amide bonds. The molecule has 0 atom stereocenters. The Labute approximate surface area is 133 Å². The second-order valence-electron chi connectivity index (χ2n) is 6.10. The Morgan fingerprint density at radius 2 is 1.96 bits per heavy atom. The van der Waals surface area contributed by atoms with Gasteiger partial charge in [0.05, 0.1) is 17.6 Å². The molecule has 7 heteroatoms. The Balaban J connectivity index is 1.75. The molecule has 2 rings (SSSR count). The standard InChI is InChI=1S/C16H21F3N2O2/c17-16(18,19)12-4-5-13(21-11-12)6-9-20-14(22)10-15(23)7-2-1-3-8-15/h4-5,11,23H,1-3,6-10H2,(H,20,22). The molecule has 4 nitrogen and oxygen atoms in total. The number of hydrogen-bond acceptors (Lipinski definition) is 3. The second-order valence-corrected chi connectivity index (χ2v) is 6.10. The highest BCUT2D eigenvalue weighted by atomic mass is 19.4. The minimum atomic E-state index is -4.39. The molecule has 23 heavy (non-hydrogen) atoms. The van der Waals surface area contributed by atoms with E-state index in [2.05, 4.69) is 10.3 Å². The molecule has 2 N–H and O–H groups in total. The summed E-state index contributed by atoms with van der Waals surface area (Å²) in [5.74, 6) is -0.235. The molecule has 0 bridgehead atoms. The molecule has 1 aromatic rings. The molecule has 0 radical (unpaired) electrons. The van der Waals surface area contributed by atoms with Crippen molar-refractivity contribution in [3.05, 3.63) is 29.6 Å². The highest BCUT2D eigenvalue weighted by molar-refractivity contribution is 5.77. The van der Waals surface area contributed by atoms with Gasteiger partial charge in [-0.15, -0.1) is 0 Å². The molecule has 0 aromatic carbocycles. The molecule has 0 saturated heterocycles. The van der Waals surface area contributed by atoms with Crippen LogP contribution >= 0.6 is 0 Å². The first-order valence-electron chi connectivity index (χ1n) is 7.80. The first kappa shape index (κ1) is 17.7. The summed E-state index contributed by atoms with van der Waals surface area (Å²) in [7, 11) is 0. The van der Waals surface area contributed by atoms with Crippen molar-refractivity contribution in [1.82, 2.24) is 10.3 Å². The summed E-state index contributed by atoms with van der Waals surface area (Å²) in [4.78, 5) is 15.6. The minimum Gasteiger partial charge on any atom is -0.389 e. The van der Waals surface area contributed by atoms with Gasteiger partial charge in [0, 0.05) is 24.9 Å². The van der Waals surface area contributed by atoms with Gasteiger partial charge in [0.25, 0.3) is 0 Å². The van der Waals surface area contributed by atoms with Crippen LogP contribution in [0.1, 0.15) is 49.8 Å². The number of rotatable bonds is 5. The highest BCUT2D eigenvalue weighted by Crippen LogP contribution is 2.30. The van der Waals surface area contributed by atoms with Gasteiger partial charge in [0.2, 0.25) is 5.91 Å². The van der Waals surface area contributed by atoms with Crippen molar-refractivity contribution in [3.8, 4) is 0 Å². The number of aliphatic hydroxyl groups is 1. The van der Waals surface area contributed by atoms with Gasteiger partial charge in [0.1, 0.15) is 0 Å². The van der Waals surface area contributed by atoms with Crippen LogP contribution in [0.2, 0.25) is 0 Å². The molecule has 128 valence electrons. The van der Waals surface area contributed by atoms with Crippen LogP contribution in [0.15, 0.2) is 18.3 Å². The maximum atomic E-state index is 12.4. The first-order chi connectivity index (χ1) is 10.8. The number of nitrogens with zero attached hydrogens (tertiary/aromatic N) is 1. The van der Waals surface area contributed by atoms with Crippen molar-refractivity contribution in [3.63, 3.8) is 0 Å². The zero-order chi connectivity index (χ0) is 16.9. The van der Waals surface area contributed by atoms with Crippen molar-refractivity contribution >= 4 is 5.91 Å². The third-order valence-corrected chi connectivity index (χ3v) is 4.13. The topological polar surface area (TPSA) is 62.2 Å². The molecular weight excluding hydrogens is 309 g/mol. The van der Waals surface area contributed by atoms with Gasteiger partial charge in [-0.3, -0.25) is 9.78 Å². The van der Waals surface area contributed by atoms with E-state index < -0.39 is 17.3 Å². The van der Waals surface area contributed by atoms with E-state index in [-0.39, 0.29) is 18.9 Å². The van der Waals surface area contributed by atoms with E-state index in [9.17, 15) is 23.1 Å². The monoisotopic (exact) mass is 330 g/mol. The van der Waals surface area contributed by atoms with Crippen LogP contribution in [0.3, 0.4) is 0 Å². The number of halogens is 3. The molecule has 0 aliphatic heterocycles. The average molecular weight is 330 g/mol. The molecule has 1 heterocycles. The summed E-state index contributed by atoms with van der Waals surface area (Å²) in [6.45, 7) is 0.285. The van der Waals surface area contributed by atoms with Crippen molar-refractivity contribution in [2.45, 2.75) is 56.7 Å². The Hall–Kier alpha value is -1.63. The van der Waals surface area contributed by atoms with Crippen LogP contribution in [0, 0.1) is 0 Å². The number of nitrogens with one attached hydrogen (secondary N) is 1. The molecule has 0 unspecified atom stereocenters. The summed E-state index contributed by atoms with van der Waals surface area (Å²) in [6.07, 6.45) is 1.05. The van der Waals surface area contributed by atoms with E-state index in [0.29, 0.717) is 25.0 Å². The number of carbonyl (C=O) groups excluding carboxylic acids is 1. The lowest BCUT2D eigenvalue weighted by atomic mass is 9.82.